The predicted octanol–water partition coefficient (Wildman–Crippen LogP) is 16.6. The lowest BCUT2D eigenvalue weighted by Gasteiger charge is -2.36. The van der Waals surface area contributed by atoms with Gasteiger partial charge < -0.3 is 49.4 Å². The molecule has 0 unspecified atom stereocenters. The zero-order valence-corrected chi connectivity index (χ0v) is 78.8. The quantitative estimate of drug-likeness (QED) is 0.0121. The Kier molecular flexibility index (Phi) is 44.0. The molecular formula is C94H120F12N20O5S5. The van der Waals surface area contributed by atoms with Crippen LogP contribution in [0, 0.1) is 20.8 Å². The van der Waals surface area contributed by atoms with Crippen molar-refractivity contribution in [1.29, 1.82) is 0 Å². The molecule has 0 atom stereocenters. The van der Waals surface area contributed by atoms with E-state index in [1.807, 2.05) is 19.6 Å². The lowest BCUT2D eigenvalue weighted by molar-refractivity contribution is -0.138. The van der Waals surface area contributed by atoms with Crippen LogP contribution in [-0.2, 0) is 24.7 Å². The number of aromatic amines is 5. The molecule has 0 amide bonds. The van der Waals surface area contributed by atoms with Gasteiger partial charge in [0.1, 0.15) is 0 Å². The first-order valence-electron chi connectivity index (χ1n) is 44.2. The van der Waals surface area contributed by atoms with E-state index in [0.717, 1.165) is 190 Å². The highest BCUT2D eigenvalue weighted by Crippen LogP contribution is 2.38. The molecule has 5 aliphatic rings. The zero-order chi connectivity index (χ0) is 95.6. The number of anilines is 5. The fourth-order valence-corrected chi connectivity index (χ4v) is 19.1. The summed E-state index contributed by atoms with van der Waals surface area (Å²) in [6.45, 7) is 26.8. The molecule has 5 aliphatic heterocycles. The van der Waals surface area contributed by atoms with Gasteiger partial charge in [0.15, 0.2) is 25.8 Å². The second kappa shape index (κ2) is 54.5. The van der Waals surface area contributed by atoms with Crippen LogP contribution in [0.3, 0.4) is 0 Å². The molecule has 136 heavy (non-hydrogen) atoms. The van der Waals surface area contributed by atoms with Gasteiger partial charge in [-0.2, -0.15) is 52.7 Å². The normalized spacial score (nSPS) is 15.6. The van der Waals surface area contributed by atoms with Crippen LogP contribution in [0.5, 0.6) is 0 Å². The van der Waals surface area contributed by atoms with Crippen molar-refractivity contribution in [2.24, 2.45) is 0 Å². The van der Waals surface area contributed by atoms with Crippen molar-refractivity contribution < 1.29 is 52.7 Å². The van der Waals surface area contributed by atoms with E-state index in [0.29, 0.717) is 106 Å². The molecule has 25 nitrogen and oxygen atoms in total. The van der Waals surface area contributed by atoms with E-state index in [-0.39, 0.29) is 48.2 Å². The van der Waals surface area contributed by atoms with Gasteiger partial charge in [-0.3, -0.25) is 48.5 Å². The molecule has 0 aliphatic carbocycles. The van der Waals surface area contributed by atoms with Gasteiger partial charge in [0.05, 0.1) is 22.3 Å². The van der Waals surface area contributed by atoms with Gasteiger partial charge in [0.25, 0.3) is 27.8 Å². The Morgan fingerprint density at radius 3 is 0.794 bits per heavy atom. The lowest BCUT2D eigenvalue weighted by Crippen LogP contribution is -2.46. The number of nitrogens with zero attached hydrogens (tertiary/aromatic N) is 15. The van der Waals surface area contributed by atoms with E-state index < -0.39 is 47.0 Å². The van der Waals surface area contributed by atoms with Gasteiger partial charge in [0.2, 0.25) is 0 Å². The molecule has 5 aromatic heterocycles. The van der Waals surface area contributed by atoms with Crippen LogP contribution in [-0.4, -0.2) is 267 Å². The lowest BCUT2D eigenvalue weighted by atomic mass is 10.1. The second-order valence-electron chi connectivity index (χ2n) is 32.3. The smallest absolute Gasteiger partial charge is 0.369 e. The Labute approximate surface area is 805 Å². The molecule has 0 radical (unpaired) electrons. The van der Waals surface area contributed by atoms with Crippen molar-refractivity contribution in [2.45, 2.75) is 118 Å². The maximum absolute atomic E-state index is 13.1. The topological polar surface area (TPSA) is 261 Å². The third kappa shape index (κ3) is 37.2. The third-order valence-electron chi connectivity index (χ3n) is 22.6. The number of aromatic nitrogens is 10. The standard InChI is InChI=1S/2C19H23F3N4OS.2C18H21F3N4OS.C18H24N4OS.2CH4/c1-14-3-4-15(13-16(14)19(20,21)22)26-10-8-25(9-11-26)7-2-12-28-18-23-6-5-17(27)24-18;1-14-13-23-18(24-17(14)27)28-11-3-6-25-7-9-26(10-8-25)16-5-2-4-15(12-16)19(20,21)22;2*19-18(20,21)14-3-1-4-15(13-14)25-10-8-24(9-11-25)7-2-12-27-17-22-6-5-16(26)23-17;1-15-4-2-5-16(14-15)22-11-9-21(10-12-22)8-3-13-24-18-19-7-6-17(23)20-18;;/h3-6,13H,2,7-12H2,1H3,(H,23,24,27);2,4-5,12-13H,3,6-11H2,1H3,(H,23,24,27);2*1,3-6,13H,2,7-12H2,(H,22,23,26);2,4-7,14H,3,8-13H2,1H3,(H,19,20,23);2*1H4. The van der Waals surface area contributed by atoms with E-state index in [2.05, 4.69) is 110 Å². The molecule has 10 heterocycles. The summed E-state index contributed by atoms with van der Waals surface area (Å²) in [5, 5.41) is 3.21. The van der Waals surface area contributed by atoms with Crippen LogP contribution in [0.2, 0.25) is 0 Å². The summed E-state index contributed by atoms with van der Waals surface area (Å²) in [6, 6.07) is 35.5. The highest BCUT2D eigenvalue weighted by atomic mass is 32.2. The summed E-state index contributed by atoms with van der Waals surface area (Å²) in [7, 11) is 0. The van der Waals surface area contributed by atoms with Crippen molar-refractivity contribution in [3.05, 3.63) is 261 Å². The van der Waals surface area contributed by atoms with E-state index in [4.69, 9.17) is 0 Å². The van der Waals surface area contributed by atoms with Crippen molar-refractivity contribution in [3.63, 3.8) is 0 Å². The van der Waals surface area contributed by atoms with Crippen molar-refractivity contribution in [1.82, 2.24) is 74.3 Å². The van der Waals surface area contributed by atoms with E-state index >= 15 is 0 Å². The summed E-state index contributed by atoms with van der Waals surface area (Å²) in [4.78, 5) is 113. The largest absolute Gasteiger partial charge is 0.416 e. The van der Waals surface area contributed by atoms with Crippen LogP contribution in [0.1, 0.15) is 85.9 Å². The minimum Gasteiger partial charge on any atom is -0.369 e. The fraction of sp³-hybridized carbons (Fsp3) is 0.468. The number of hydrogen-bond donors (Lipinski definition) is 5. The minimum atomic E-state index is -4.32. The number of aryl methyl sites for hydroxylation is 3. The van der Waals surface area contributed by atoms with Crippen molar-refractivity contribution in [2.75, 3.05) is 217 Å². The summed E-state index contributed by atoms with van der Waals surface area (Å²) in [6.07, 6.45) is -4.73. The maximum Gasteiger partial charge on any atom is 0.416 e. The van der Waals surface area contributed by atoms with Crippen molar-refractivity contribution in [3.8, 4) is 0 Å². The molecule has 5 saturated heterocycles. The molecule has 10 aromatic rings. The Morgan fingerprint density at radius 2 is 0.544 bits per heavy atom. The number of halogens is 12. The number of piperazine rings is 5. The summed E-state index contributed by atoms with van der Waals surface area (Å²) in [5.41, 5.74) is 2.99. The molecule has 5 N–H and O–H groups in total. The number of H-pyrrole nitrogens is 5. The average Bonchev–Trinajstić information content (AvgIpc) is 0.815. The number of hydrogen-bond acceptors (Lipinski definition) is 25. The van der Waals surface area contributed by atoms with Crippen LogP contribution in [0.25, 0.3) is 0 Å². The molecular weight excluding hydrogens is 1880 g/mol. The number of rotatable bonds is 30. The van der Waals surface area contributed by atoms with E-state index in [1.165, 1.54) is 151 Å². The molecule has 0 spiro atoms. The Bertz CT molecular complexity index is 5450. The molecule has 0 bridgehead atoms. The average molecular weight is 2000 g/mol. The predicted molar refractivity (Wildman–Crippen MR) is 524 cm³/mol. The number of nitrogens with one attached hydrogen (secondary N) is 5. The first kappa shape index (κ1) is 110. The monoisotopic (exact) mass is 2000 g/mol. The molecule has 5 fully saturated rings. The van der Waals surface area contributed by atoms with Gasteiger partial charge in [0, 0.05) is 249 Å². The van der Waals surface area contributed by atoms with Gasteiger partial charge >= 0.3 is 24.7 Å². The highest BCUT2D eigenvalue weighted by molar-refractivity contribution is 8.00. The van der Waals surface area contributed by atoms with Crippen molar-refractivity contribution >= 4 is 87.2 Å². The van der Waals surface area contributed by atoms with Gasteiger partial charge in [-0.15, -0.1) is 0 Å². The highest BCUT2D eigenvalue weighted by Gasteiger charge is 2.36. The summed E-state index contributed by atoms with van der Waals surface area (Å²) < 4.78 is 155. The SMILES string of the molecule is C.C.Cc1ccc(N2CCN(CCCSc3nccc(=O)[nH]3)CC2)cc1C(F)(F)F.Cc1cccc(N2CCN(CCCSc3nccc(=O)[nH]3)CC2)c1.Cc1cnc(SCCCN2CCN(c3cccc(C(F)(F)F)c3)CC2)[nH]c1=O.O=c1ccnc(SCCCN2CCN(c3cccc(C(F)(F)F)c3)CC2)[nH]1.O=c1ccnc(SCCCN2CCN(c3cccc(C(F)(F)F)c3)CC2)[nH]1. The third-order valence-corrected chi connectivity index (χ3v) is 27.4. The van der Waals surface area contributed by atoms with E-state index in [9.17, 15) is 76.7 Å². The van der Waals surface area contributed by atoms with Crippen LogP contribution in [0.4, 0.5) is 81.1 Å². The zero-order valence-electron chi connectivity index (χ0n) is 74.7. The Hall–Kier alpha value is -9.79. The minimum absolute atomic E-state index is 0. The molecule has 42 heteroatoms. The maximum atomic E-state index is 13.1. The second-order valence-corrected chi connectivity index (χ2v) is 37.7. The van der Waals surface area contributed by atoms with Crippen LogP contribution >= 0.6 is 58.8 Å². The Morgan fingerprint density at radius 1 is 0.287 bits per heavy atom. The number of thioether (sulfide) groups is 5. The molecule has 5 aromatic carbocycles. The Balaban J connectivity index is 0.000000190. The number of alkyl halides is 12. The molecule has 0 saturated carbocycles. The summed E-state index contributed by atoms with van der Waals surface area (Å²) in [5.74, 6) is 4.37. The fourth-order valence-electron chi connectivity index (χ4n) is 15.2. The van der Waals surface area contributed by atoms with E-state index in [1.54, 1.807) is 61.4 Å². The first-order chi connectivity index (χ1) is 64.2. The van der Waals surface area contributed by atoms with Gasteiger partial charge in [-0.1, -0.05) is 110 Å². The molecule has 15 rings (SSSR count). The van der Waals surface area contributed by atoms with Gasteiger partial charge in [-0.05, 0) is 176 Å². The summed E-state index contributed by atoms with van der Waals surface area (Å²) >= 11 is 7.69. The number of benzene rings is 5. The first-order valence-corrected chi connectivity index (χ1v) is 49.2. The van der Waals surface area contributed by atoms with Crippen LogP contribution < -0.4 is 52.3 Å². The van der Waals surface area contributed by atoms with Gasteiger partial charge in [-0.25, -0.2) is 24.9 Å². The van der Waals surface area contributed by atoms with Crippen LogP contribution in [0.15, 0.2) is 220 Å². The molecule has 740 valence electrons.